The summed E-state index contributed by atoms with van der Waals surface area (Å²) in [6.07, 6.45) is 4.94. The maximum absolute atomic E-state index is 12.1. The molecule has 5 nitrogen and oxygen atoms in total. The van der Waals surface area contributed by atoms with Gasteiger partial charge in [0.2, 0.25) is 5.91 Å². The summed E-state index contributed by atoms with van der Waals surface area (Å²) in [5.41, 5.74) is 2.54. The highest BCUT2D eigenvalue weighted by atomic mass is 32.1. The first-order valence-electron chi connectivity index (χ1n) is 7.83. The first kappa shape index (κ1) is 17.4. The highest BCUT2D eigenvalue weighted by molar-refractivity contribution is 7.13. The number of carbonyl (C=O) groups is 1. The van der Waals surface area contributed by atoms with Crippen molar-refractivity contribution in [3.63, 3.8) is 0 Å². The van der Waals surface area contributed by atoms with Gasteiger partial charge in [-0.3, -0.25) is 4.79 Å². The maximum atomic E-state index is 12.1. The van der Waals surface area contributed by atoms with Crippen molar-refractivity contribution in [1.29, 1.82) is 5.26 Å². The number of rotatable bonds is 6. The van der Waals surface area contributed by atoms with Crippen molar-refractivity contribution in [1.82, 2.24) is 4.98 Å². The van der Waals surface area contributed by atoms with Crippen LogP contribution in [0.5, 0.6) is 5.75 Å². The number of nitrogens with one attached hydrogen (secondary N) is 1. The molecule has 0 saturated heterocycles. The Morgan fingerprint density at radius 2 is 2.12 bits per heavy atom. The van der Waals surface area contributed by atoms with Crippen molar-refractivity contribution < 1.29 is 9.53 Å². The lowest BCUT2D eigenvalue weighted by molar-refractivity contribution is -0.111. The number of hydrogen-bond donors (Lipinski definition) is 1. The van der Waals surface area contributed by atoms with Gasteiger partial charge in [0.1, 0.15) is 16.8 Å². The molecular weight excluding hydrogens is 346 g/mol. The highest BCUT2D eigenvalue weighted by Gasteiger charge is 2.03. The van der Waals surface area contributed by atoms with Crippen molar-refractivity contribution >= 4 is 29.0 Å². The fourth-order valence-electron chi connectivity index (χ4n) is 2.24. The second kappa shape index (κ2) is 8.60. The number of benzene rings is 2. The van der Waals surface area contributed by atoms with Gasteiger partial charge in [-0.05, 0) is 35.9 Å². The van der Waals surface area contributed by atoms with Gasteiger partial charge in [0.15, 0.2) is 6.61 Å². The second-order valence-electron chi connectivity index (χ2n) is 5.26. The molecule has 0 aliphatic rings. The zero-order valence-electron chi connectivity index (χ0n) is 13.8. The molecular formula is C20H15N3O2S. The van der Waals surface area contributed by atoms with E-state index < -0.39 is 0 Å². The van der Waals surface area contributed by atoms with Gasteiger partial charge in [0, 0.05) is 28.9 Å². The van der Waals surface area contributed by atoms with E-state index in [1.807, 2.05) is 47.8 Å². The molecule has 0 saturated carbocycles. The summed E-state index contributed by atoms with van der Waals surface area (Å²) in [5, 5.41) is 14.2. The molecule has 128 valence electrons. The van der Waals surface area contributed by atoms with E-state index in [9.17, 15) is 4.79 Å². The molecule has 0 bridgehead atoms. The van der Waals surface area contributed by atoms with Crippen molar-refractivity contribution in [2.75, 3.05) is 11.9 Å². The Labute approximate surface area is 155 Å². The molecule has 3 aromatic rings. The summed E-state index contributed by atoms with van der Waals surface area (Å²) in [6.45, 7) is 0.0116. The Morgan fingerprint density at radius 3 is 2.85 bits per heavy atom. The molecule has 1 aromatic heterocycles. The van der Waals surface area contributed by atoms with Gasteiger partial charge >= 0.3 is 0 Å². The molecule has 0 spiro atoms. The van der Waals surface area contributed by atoms with Crippen LogP contribution in [-0.4, -0.2) is 17.5 Å². The number of anilines is 1. The molecule has 1 N–H and O–H groups in total. The quantitative estimate of drug-likeness (QED) is 0.662. The van der Waals surface area contributed by atoms with Crippen LogP contribution >= 0.6 is 11.3 Å². The Morgan fingerprint density at radius 1 is 1.27 bits per heavy atom. The first-order chi connectivity index (χ1) is 12.7. The smallest absolute Gasteiger partial charge is 0.248 e. The van der Waals surface area contributed by atoms with Crippen LogP contribution in [0.25, 0.3) is 16.6 Å². The number of nitrogens with zero attached hydrogens (tertiary/aromatic N) is 2. The zero-order valence-corrected chi connectivity index (χ0v) is 14.6. The van der Waals surface area contributed by atoms with Crippen molar-refractivity contribution in [2.45, 2.75) is 0 Å². The van der Waals surface area contributed by atoms with Gasteiger partial charge in [-0.1, -0.05) is 24.3 Å². The van der Waals surface area contributed by atoms with Crippen LogP contribution in [0.3, 0.4) is 0 Å². The normalized spacial score (nSPS) is 10.4. The van der Waals surface area contributed by atoms with E-state index in [0.29, 0.717) is 11.4 Å². The predicted molar refractivity (Wildman–Crippen MR) is 103 cm³/mol. The summed E-state index contributed by atoms with van der Waals surface area (Å²) >= 11 is 1.55. The van der Waals surface area contributed by atoms with E-state index in [0.717, 1.165) is 16.1 Å². The minimum Gasteiger partial charge on any atom is -0.479 e. The number of hydrogen-bond acceptors (Lipinski definition) is 5. The number of ether oxygens (including phenoxy) is 1. The van der Waals surface area contributed by atoms with E-state index in [1.165, 1.54) is 6.08 Å². The van der Waals surface area contributed by atoms with E-state index in [4.69, 9.17) is 10.00 Å². The van der Waals surface area contributed by atoms with Crippen LogP contribution in [0.1, 0.15) is 5.56 Å². The first-order valence-corrected chi connectivity index (χ1v) is 8.71. The summed E-state index contributed by atoms with van der Waals surface area (Å²) in [5.74, 6) is 0.401. The SMILES string of the molecule is N#CCOc1ccc(C=CC(=O)Nc2cccc(-c3nccs3)c2)cc1. The van der Waals surface area contributed by atoms with E-state index in [2.05, 4.69) is 10.3 Å². The molecule has 3 rings (SSSR count). The average molecular weight is 361 g/mol. The molecule has 1 heterocycles. The molecule has 1 amide bonds. The van der Waals surface area contributed by atoms with Crippen LogP contribution < -0.4 is 10.1 Å². The van der Waals surface area contributed by atoms with E-state index >= 15 is 0 Å². The van der Waals surface area contributed by atoms with E-state index in [-0.39, 0.29) is 12.5 Å². The third kappa shape index (κ3) is 4.79. The number of carbonyl (C=O) groups excluding carboxylic acids is 1. The standard InChI is InChI=1S/C20H15N3O2S/c21-10-12-25-18-7-4-15(5-8-18)6-9-19(24)23-17-3-1-2-16(14-17)20-22-11-13-26-20/h1-9,11,13-14H,12H2,(H,23,24). The van der Waals surface area contributed by atoms with Crippen LogP contribution in [0, 0.1) is 11.3 Å². The van der Waals surface area contributed by atoms with Crippen molar-refractivity contribution in [2.24, 2.45) is 0 Å². The molecule has 0 radical (unpaired) electrons. The molecule has 0 fully saturated rings. The van der Waals surface area contributed by atoms with Crippen LogP contribution in [0.15, 0.2) is 66.2 Å². The van der Waals surface area contributed by atoms with Gasteiger partial charge in [0.25, 0.3) is 0 Å². The Kier molecular flexibility index (Phi) is 5.76. The maximum Gasteiger partial charge on any atom is 0.248 e. The zero-order chi connectivity index (χ0) is 18.2. The van der Waals surface area contributed by atoms with Crippen molar-refractivity contribution in [3.05, 3.63) is 71.7 Å². The number of amides is 1. The third-order valence-corrected chi connectivity index (χ3v) is 4.24. The predicted octanol–water partition coefficient (Wildman–Crippen LogP) is 4.36. The van der Waals surface area contributed by atoms with Crippen LogP contribution in [0.2, 0.25) is 0 Å². The summed E-state index contributed by atoms with van der Waals surface area (Å²) < 4.78 is 5.19. The molecule has 26 heavy (non-hydrogen) atoms. The monoisotopic (exact) mass is 361 g/mol. The summed E-state index contributed by atoms with van der Waals surface area (Å²) in [6, 6.07) is 16.6. The largest absolute Gasteiger partial charge is 0.479 e. The minimum atomic E-state index is -0.217. The van der Waals surface area contributed by atoms with Gasteiger partial charge in [0.05, 0.1) is 0 Å². The Balaban J connectivity index is 1.61. The molecule has 6 heteroatoms. The molecule has 0 unspecified atom stereocenters. The molecule has 0 atom stereocenters. The highest BCUT2D eigenvalue weighted by Crippen LogP contribution is 2.24. The van der Waals surface area contributed by atoms with Gasteiger partial charge in [-0.25, -0.2) is 4.98 Å². The van der Waals surface area contributed by atoms with Crippen LogP contribution in [-0.2, 0) is 4.79 Å². The van der Waals surface area contributed by atoms with Gasteiger partial charge in [-0.2, -0.15) is 5.26 Å². The van der Waals surface area contributed by atoms with Gasteiger partial charge < -0.3 is 10.1 Å². The lowest BCUT2D eigenvalue weighted by atomic mass is 10.2. The average Bonchev–Trinajstić information content (AvgIpc) is 3.21. The van der Waals surface area contributed by atoms with Crippen molar-refractivity contribution in [3.8, 4) is 22.4 Å². The number of aromatic nitrogens is 1. The number of nitriles is 1. The molecule has 2 aromatic carbocycles. The topological polar surface area (TPSA) is 75.0 Å². The van der Waals surface area contributed by atoms with Crippen LogP contribution in [0.4, 0.5) is 5.69 Å². The third-order valence-electron chi connectivity index (χ3n) is 3.42. The Hall–Kier alpha value is -3.43. The summed E-state index contributed by atoms with van der Waals surface area (Å²) in [7, 11) is 0. The molecule has 0 aliphatic heterocycles. The van der Waals surface area contributed by atoms with Gasteiger partial charge in [-0.15, -0.1) is 11.3 Å². The fourth-order valence-corrected chi connectivity index (χ4v) is 2.88. The minimum absolute atomic E-state index is 0.0116. The molecule has 0 aliphatic carbocycles. The van der Waals surface area contributed by atoms with E-state index in [1.54, 1.807) is 35.7 Å². The second-order valence-corrected chi connectivity index (χ2v) is 6.15. The lowest BCUT2D eigenvalue weighted by Crippen LogP contribution is -2.07. The number of thiazole rings is 1. The fraction of sp³-hybridized carbons (Fsp3) is 0.0500. The lowest BCUT2D eigenvalue weighted by Gasteiger charge is -2.04. The Bertz CT molecular complexity index is 942. The summed E-state index contributed by atoms with van der Waals surface area (Å²) in [4.78, 5) is 16.4.